The van der Waals surface area contributed by atoms with E-state index in [4.69, 9.17) is 0 Å². The summed E-state index contributed by atoms with van der Waals surface area (Å²) in [5.74, 6) is 0.906. The molecule has 132 valence electrons. The molecule has 1 aromatic rings. The predicted octanol–water partition coefficient (Wildman–Crippen LogP) is 1.91. The van der Waals surface area contributed by atoms with E-state index in [1.165, 1.54) is 0 Å². The Morgan fingerprint density at radius 2 is 2.17 bits per heavy atom. The van der Waals surface area contributed by atoms with Crippen LogP contribution in [0.1, 0.15) is 38.2 Å². The summed E-state index contributed by atoms with van der Waals surface area (Å²) in [4.78, 5) is 20.7. The highest BCUT2D eigenvalue weighted by atomic mass is 16.3. The lowest BCUT2D eigenvalue weighted by Gasteiger charge is -2.40. The van der Waals surface area contributed by atoms with Crippen molar-refractivity contribution in [2.75, 3.05) is 26.7 Å². The number of rotatable bonds is 5. The van der Waals surface area contributed by atoms with Crippen molar-refractivity contribution in [2.45, 2.75) is 44.8 Å². The van der Waals surface area contributed by atoms with Crippen LogP contribution in [0.3, 0.4) is 0 Å². The zero-order valence-corrected chi connectivity index (χ0v) is 14.8. The number of aromatic nitrogens is 1. The van der Waals surface area contributed by atoms with Gasteiger partial charge in [0.25, 0.3) is 0 Å². The van der Waals surface area contributed by atoms with Gasteiger partial charge in [0.2, 0.25) is 5.91 Å². The molecule has 3 atom stereocenters. The van der Waals surface area contributed by atoms with Gasteiger partial charge < -0.3 is 10.0 Å². The zero-order valence-electron chi connectivity index (χ0n) is 14.8. The van der Waals surface area contributed by atoms with E-state index >= 15 is 0 Å². The third kappa shape index (κ3) is 3.62. The maximum absolute atomic E-state index is 12.7. The molecule has 1 saturated heterocycles. The molecule has 1 aliphatic carbocycles. The van der Waals surface area contributed by atoms with Crippen LogP contribution in [0.5, 0.6) is 0 Å². The number of hydrogen-bond donors (Lipinski definition) is 1. The molecular weight excluding hydrogens is 302 g/mol. The number of fused-ring (bicyclic) bond motifs is 1. The van der Waals surface area contributed by atoms with Gasteiger partial charge in [0.15, 0.2) is 0 Å². The number of pyridine rings is 1. The van der Waals surface area contributed by atoms with E-state index in [1.807, 2.05) is 29.0 Å². The Labute approximate surface area is 144 Å². The van der Waals surface area contributed by atoms with Crippen LogP contribution in [0, 0.1) is 11.8 Å². The van der Waals surface area contributed by atoms with E-state index in [1.54, 1.807) is 12.4 Å². The molecule has 2 heterocycles. The Balaban J connectivity index is 1.56. The lowest BCUT2D eigenvalue weighted by molar-refractivity contribution is -0.131. The molecule has 1 N–H and O–H groups in total. The fourth-order valence-electron chi connectivity index (χ4n) is 4.46. The molecular formula is C19H29N3O2. The third-order valence-electron chi connectivity index (χ3n) is 5.89. The lowest BCUT2D eigenvalue weighted by Crippen LogP contribution is -2.45. The standard InChI is InChI=1S/C19H29N3O2/c1-3-19(24)8-4-5-16-12-22(13-17(16)19)18(23)14-21(2)11-15-6-9-20-10-7-15/h6-7,9-10,16-17,24H,3-5,8,11-14H2,1-2H3/t16-,17+,19-/m0/s1. The first-order valence-corrected chi connectivity index (χ1v) is 9.09. The van der Waals surface area contributed by atoms with Crippen molar-refractivity contribution < 1.29 is 9.90 Å². The SMILES string of the molecule is CC[C@]1(O)CCC[C@H]2CN(C(=O)CN(C)Cc3ccncc3)C[C@H]21. The number of carbonyl (C=O) groups is 1. The Hall–Kier alpha value is -1.46. The second-order valence-electron chi connectivity index (χ2n) is 7.54. The molecule has 0 unspecified atom stereocenters. The van der Waals surface area contributed by atoms with Gasteiger partial charge >= 0.3 is 0 Å². The smallest absolute Gasteiger partial charge is 0.236 e. The Bertz CT molecular complexity index is 565. The number of nitrogens with zero attached hydrogens (tertiary/aromatic N) is 3. The number of likely N-dealkylation sites (N-methyl/N-ethyl adjacent to an activating group) is 1. The van der Waals surface area contributed by atoms with Gasteiger partial charge in [-0.05, 0) is 49.9 Å². The van der Waals surface area contributed by atoms with Crippen molar-refractivity contribution in [2.24, 2.45) is 11.8 Å². The van der Waals surface area contributed by atoms with Crippen molar-refractivity contribution in [3.8, 4) is 0 Å². The molecule has 24 heavy (non-hydrogen) atoms. The Morgan fingerprint density at radius 3 is 2.88 bits per heavy atom. The molecule has 1 amide bonds. The first kappa shape index (κ1) is 17.4. The third-order valence-corrected chi connectivity index (χ3v) is 5.89. The summed E-state index contributed by atoms with van der Waals surface area (Å²) in [7, 11) is 1.98. The van der Waals surface area contributed by atoms with Gasteiger partial charge in [-0.2, -0.15) is 0 Å². The summed E-state index contributed by atoms with van der Waals surface area (Å²) in [6, 6.07) is 3.96. The van der Waals surface area contributed by atoms with E-state index in [-0.39, 0.29) is 11.8 Å². The summed E-state index contributed by atoms with van der Waals surface area (Å²) in [5, 5.41) is 10.9. The molecule has 0 aromatic carbocycles. The average Bonchev–Trinajstić information content (AvgIpc) is 3.02. The van der Waals surface area contributed by atoms with Gasteiger partial charge in [-0.1, -0.05) is 13.3 Å². The zero-order chi connectivity index (χ0) is 17.2. The highest BCUT2D eigenvalue weighted by Gasteiger charge is 2.48. The van der Waals surface area contributed by atoms with Crippen molar-refractivity contribution >= 4 is 5.91 Å². The number of amides is 1. The molecule has 2 aliphatic rings. The number of aliphatic hydroxyl groups is 1. The van der Waals surface area contributed by atoms with Crippen molar-refractivity contribution in [1.82, 2.24) is 14.8 Å². The molecule has 5 heteroatoms. The highest BCUT2D eigenvalue weighted by molar-refractivity contribution is 5.78. The molecule has 3 rings (SSSR count). The van der Waals surface area contributed by atoms with Crippen LogP contribution < -0.4 is 0 Å². The van der Waals surface area contributed by atoms with Crippen LogP contribution in [0.4, 0.5) is 0 Å². The molecule has 1 aromatic heterocycles. The van der Waals surface area contributed by atoms with Crippen LogP contribution >= 0.6 is 0 Å². The normalized spacial score (nSPS) is 29.8. The fourth-order valence-corrected chi connectivity index (χ4v) is 4.46. The summed E-state index contributed by atoms with van der Waals surface area (Å²) < 4.78 is 0. The summed E-state index contributed by atoms with van der Waals surface area (Å²) in [6.45, 7) is 4.77. The molecule has 2 fully saturated rings. The first-order chi connectivity index (χ1) is 11.5. The average molecular weight is 331 g/mol. The monoisotopic (exact) mass is 331 g/mol. The van der Waals surface area contributed by atoms with Gasteiger partial charge in [-0.25, -0.2) is 0 Å². The molecule has 1 saturated carbocycles. The van der Waals surface area contributed by atoms with Gasteiger partial charge in [-0.3, -0.25) is 14.7 Å². The summed E-state index contributed by atoms with van der Waals surface area (Å²) >= 11 is 0. The highest BCUT2D eigenvalue weighted by Crippen LogP contribution is 2.44. The molecule has 0 bridgehead atoms. The van der Waals surface area contributed by atoms with Crippen LogP contribution in [0.15, 0.2) is 24.5 Å². The lowest BCUT2D eigenvalue weighted by atomic mass is 9.69. The van der Waals surface area contributed by atoms with E-state index in [0.717, 1.165) is 50.9 Å². The van der Waals surface area contributed by atoms with Gasteiger partial charge in [0.05, 0.1) is 12.1 Å². The fraction of sp³-hybridized carbons (Fsp3) is 0.684. The van der Waals surface area contributed by atoms with Crippen molar-refractivity contribution in [3.63, 3.8) is 0 Å². The maximum atomic E-state index is 12.7. The van der Waals surface area contributed by atoms with Crippen LogP contribution in [-0.4, -0.2) is 58.1 Å². The van der Waals surface area contributed by atoms with E-state index in [0.29, 0.717) is 12.5 Å². The van der Waals surface area contributed by atoms with E-state index < -0.39 is 5.60 Å². The second kappa shape index (κ2) is 7.19. The van der Waals surface area contributed by atoms with Crippen LogP contribution in [-0.2, 0) is 11.3 Å². The molecule has 5 nitrogen and oxygen atoms in total. The predicted molar refractivity (Wildman–Crippen MR) is 93.2 cm³/mol. The van der Waals surface area contributed by atoms with Crippen LogP contribution in [0.25, 0.3) is 0 Å². The van der Waals surface area contributed by atoms with E-state index in [2.05, 4.69) is 11.9 Å². The quantitative estimate of drug-likeness (QED) is 0.895. The number of likely N-dealkylation sites (tertiary alicyclic amines) is 1. The van der Waals surface area contributed by atoms with Crippen LogP contribution in [0.2, 0.25) is 0 Å². The molecule has 0 radical (unpaired) electrons. The summed E-state index contributed by atoms with van der Waals surface area (Å²) in [6.07, 6.45) is 7.45. The minimum atomic E-state index is -0.569. The van der Waals surface area contributed by atoms with Crippen molar-refractivity contribution in [3.05, 3.63) is 30.1 Å². The number of carbonyl (C=O) groups excluding carboxylic acids is 1. The molecule has 0 spiro atoms. The van der Waals surface area contributed by atoms with Gasteiger partial charge in [-0.15, -0.1) is 0 Å². The van der Waals surface area contributed by atoms with Crippen molar-refractivity contribution in [1.29, 1.82) is 0 Å². The second-order valence-corrected chi connectivity index (χ2v) is 7.54. The summed E-state index contributed by atoms with van der Waals surface area (Å²) in [5.41, 5.74) is 0.594. The Morgan fingerprint density at radius 1 is 1.42 bits per heavy atom. The van der Waals surface area contributed by atoms with E-state index in [9.17, 15) is 9.90 Å². The van der Waals surface area contributed by atoms with Gasteiger partial charge in [0, 0.05) is 37.9 Å². The minimum absolute atomic E-state index is 0.180. The van der Waals surface area contributed by atoms with Gasteiger partial charge in [0.1, 0.15) is 0 Å². The Kier molecular flexibility index (Phi) is 5.21. The largest absolute Gasteiger partial charge is 0.390 e. The minimum Gasteiger partial charge on any atom is -0.390 e. The topological polar surface area (TPSA) is 56.7 Å². The number of hydrogen-bond acceptors (Lipinski definition) is 4. The molecule has 1 aliphatic heterocycles. The first-order valence-electron chi connectivity index (χ1n) is 9.09. The maximum Gasteiger partial charge on any atom is 0.236 e.